The van der Waals surface area contributed by atoms with E-state index in [2.05, 4.69) is 36.1 Å². The highest BCUT2D eigenvalue weighted by molar-refractivity contribution is 6.58. The highest BCUT2D eigenvalue weighted by atomic mass is 35.5. The van der Waals surface area contributed by atoms with Crippen LogP contribution >= 0.6 is 24.8 Å². The van der Waals surface area contributed by atoms with Crippen molar-refractivity contribution in [2.24, 2.45) is 5.73 Å². The third-order valence-corrected chi connectivity index (χ3v) is 7.00. The van der Waals surface area contributed by atoms with Gasteiger partial charge in [0.25, 0.3) is 5.91 Å². The number of likely N-dealkylation sites (N-methyl/N-ethyl adjacent to an activating group) is 1. The maximum Gasteiger partial charge on any atom is 0.326 e. The predicted molar refractivity (Wildman–Crippen MR) is 223 cm³/mol. The number of oxazole rings is 2. The number of hydrogen-bond donors (Lipinski definition) is 8. The fourth-order valence-electron chi connectivity index (χ4n) is 3.67. The lowest BCUT2D eigenvalue weighted by molar-refractivity contribution is -0.170. The van der Waals surface area contributed by atoms with Gasteiger partial charge in [0.15, 0.2) is 23.2 Å². The summed E-state index contributed by atoms with van der Waals surface area (Å²) in [4.78, 5) is 85.1. The number of nitrogens with zero attached hydrogens (tertiary/aromatic N) is 3. The molecule has 2 unspecified atom stereocenters. The molecule has 0 aromatic carbocycles. The van der Waals surface area contributed by atoms with E-state index in [1.54, 1.807) is 20.8 Å². The monoisotopic (exact) mass is 872 g/mol. The van der Waals surface area contributed by atoms with E-state index in [4.69, 9.17) is 51.1 Å². The molecule has 27 heteroatoms. The number of aliphatic hydroxyl groups excluding tert-OH is 2. The molecule has 2 heterocycles. The second-order valence-corrected chi connectivity index (χ2v) is 11.2. The lowest BCUT2D eigenvalue weighted by atomic mass is 10.0. The Morgan fingerprint density at radius 3 is 1.42 bits per heavy atom. The van der Waals surface area contributed by atoms with Gasteiger partial charge in [-0.15, -0.1) is 24.8 Å². The average Bonchev–Trinajstić information content (AvgIpc) is 3.92. The zero-order chi connectivity index (χ0) is 44.7. The topological polar surface area (TPSA) is 319 Å². The zero-order valence-corrected chi connectivity index (χ0v) is 35.6. The van der Waals surface area contributed by atoms with Crippen LogP contribution in [0.1, 0.15) is 90.7 Å². The molecular weight excluding hydrogens is 819 g/mol. The summed E-state index contributed by atoms with van der Waals surface area (Å²) >= 11 is 0. The number of amides is 5. The number of carbonyl (C=O) groups is 7. The number of carboxylic acid groups (broad SMARTS) is 1. The van der Waals surface area contributed by atoms with Crippen LogP contribution < -0.4 is 27.0 Å². The number of halogens is 2. The van der Waals surface area contributed by atoms with Crippen molar-refractivity contribution in [1.82, 2.24) is 36.3 Å². The molecule has 0 bridgehead atoms. The molecule has 0 fully saturated rings. The van der Waals surface area contributed by atoms with Gasteiger partial charge in [-0.05, 0) is 32.1 Å². The minimum atomic E-state index is -1.07. The molecule has 2 rings (SSSR count). The largest absolute Gasteiger partial charge is 0.480 e. The van der Waals surface area contributed by atoms with Crippen LogP contribution in [0.5, 0.6) is 0 Å². The molecule has 5 amide bonds. The van der Waals surface area contributed by atoms with E-state index in [1.807, 2.05) is 13.8 Å². The van der Waals surface area contributed by atoms with E-state index in [-0.39, 0.29) is 42.7 Å². The van der Waals surface area contributed by atoms with E-state index in [1.165, 1.54) is 39.1 Å². The lowest BCUT2D eigenvalue weighted by Gasteiger charge is -2.21. The van der Waals surface area contributed by atoms with Gasteiger partial charge in [0, 0.05) is 13.1 Å². The van der Waals surface area contributed by atoms with Gasteiger partial charge < -0.3 is 55.9 Å². The molecule has 0 saturated heterocycles. The Labute approximate surface area is 361 Å². The van der Waals surface area contributed by atoms with Crippen molar-refractivity contribution in [2.45, 2.75) is 109 Å². The first-order valence-corrected chi connectivity index (χ1v) is 17.3. The van der Waals surface area contributed by atoms with Crippen molar-refractivity contribution in [3.8, 4) is 0 Å². The predicted octanol–water partition coefficient (Wildman–Crippen LogP) is 0.886. The molecule has 0 spiro atoms. The van der Waals surface area contributed by atoms with E-state index < -0.39 is 65.6 Å². The minimum absolute atomic E-state index is 0. The summed E-state index contributed by atoms with van der Waals surface area (Å²) in [5, 5.41) is 37.5. The van der Waals surface area contributed by atoms with Crippen molar-refractivity contribution < 1.29 is 62.6 Å². The van der Waals surface area contributed by atoms with Crippen molar-refractivity contribution in [3.63, 3.8) is 0 Å². The van der Waals surface area contributed by atoms with Gasteiger partial charge in [-0.25, -0.2) is 19.8 Å². The van der Waals surface area contributed by atoms with E-state index in [0.29, 0.717) is 44.3 Å². The minimum Gasteiger partial charge on any atom is -0.480 e. The molecule has 0 saturated carbocycles. The van der Waals surface area contributed by atoms with Crippen LogP contribution in [0.25, 0.3) is 0 Å². The molecule has 21 nitrogen and oxygen atoms in total. The molecule has 0 aliphatic carbocycles. The number of nitrogens with one attached hydrogen (secondary N) is 4. The van der Waals surface area contributed by atoms with Crippen molar-refractivity contribution in [1.29, 1.82) is 0 Å². The number of aliphatic hydroxyl groups is 2. The highest BCUT2D eigenvalue weighted by Crippen LogP contribution is 2.16. The first-order valence-electron chi connectivity index (χ1n) is 17.3. The Bertz CT molecular complexity index is 1440. The van der Waals surface area contributed by atoms with Gasteiger partial charge in [0.2, 0.25) is 43.2 Å². The number of carboxylic acids is 1. The summed E-state index contributed by atoms with van der Waals surface area (Å²) in [6, 6.07) is -2.69. The van der Waals surface area contributed by atoms with Gasteiger partial charge in [-0.3, -0.25) is 28.8 Å². The van der Waals surface area contributed by atoms with Crippen molar-refractivity contribution >= 4 is 97.6 Å². The van der Waals surface area contributed by atoms with Crippen LogP contribution in [-0.2, 0) is 19.2 Å². The second-order valence-electron chi connectivity index (χ2n) is 11.2. The fourth-order valence-corrected chi connectivity index (χ4v) is 3.67. The number of rotatable bonds is 17. The number of hydrogen-bond acceptors (Lipinski definition) is 15. The maximum absolute atomic E-state index is 11.4. The summed E-state index contributed by atoms with van der Waals surface area (Å²) in [6.45, 7) is 8.91. The fraction of sp³-hybridized carbons (Fsp3) is 0.594. The number of aliphatic carboxylic acids is 1. The Hall–Kier alpha value is -4.41. The quantitative estimate of drug-likeness (QED) is 0.0622. The third-order valence-electron chi connectivity index (χ3n) is 7.00. The number of hydroxylamine groups is 2. The average molecular weight is 873 g/mol. The lowest BCUT2D eigenvalue weighted by Crippen LogP contribution is -2.46. The number of aldehydes is 1. The number of nitrogens with two attached hydrogens (primary N) is 1. The van der Waals surface area contributed by atoms with E-state index >= 15 is 0 Å². The Balaban J connectivity index is -0.000000206. The molecule has 2 aromatic heterocycles. The normalized spacial score (nSPS) is 13.1. The van der Waals surface area contributed by atoms with Crippen LogP contribution in [0.3, 0.4) is 0 Å². The van der Waals surface area contributed by atoms with Gasteiger partial charge in [0.05, 0.1) is 31.6 Å². The molecule has 59 heavy (non-hydrogen) atoms. The van der Waals surface area contributed by atoms with E-state index in [9.17, 15) is 43.8 Å². The van der Waals surface area contributed by atoms with Crippen LogP contribution in [0, 0.1) is 0 Å². The van der Waals surface area contributed by atoms with Gasteiger partial charge in [-0.2, -0.15) is 0 Å². The van der Waals surface area contributed by atoms with Crippen LogP contribution in [0.4, 0.5) is 19.2 Å². The molecule has 8 radical (unpaired) electrons. The SMILES string of the molecule is CC[C@H](N)C(O)c1ncco1.Cl.Cl.[B]C(=O)N[C@@H](CC)C(=O)N(C)OC.[B]C(=O)N[C@@H](CC)C(=O)O.[B]C(=O)N[C@@H](CC)C(O)c1ncco1.[B]C(=O)N[C@H](C=O)CC. The van der Waals surface area contributed by atoms with Gasteiger partial charge >= 0.3 is 5.97 Å². The summed E-state index contributed by atoms with van der Waals surface area (Å²) in [5.41, 5.74) is 5.56. The summed E-state index contributed by atoms with van der Waals surface area (Å²) in [6.07, 6.45) is 7.20. The zero-order valence-electron chi connectivity index (χ0n) is 33.9. The third kappa shape index (κ3) is 31.2. The standard InChI is InChI=1S/C8H11BN2O3.C7H13BN2O3.C7H12N2O2.C5H8BNO3.C5H8BNO2.2ClH/c1-2-5(11-8(9)13)6(12)7-10-3-4-14-7;1-4-5(9-7(8)12)6(11)10(2)13-3;1-2-5(8)6(10)7-9-3-4-11-7;1-2-3(4(8)9)7-5(6)10;1-2-4(3-8)7-5(6)9;;/h3-6,12H,2H2,1H3,(H,11,13);5H,4H2,1-3H3,(H,9,12);3-6,10H,2,8H2,1H3;3H,2H2,1H3,(H,7,10)(H,8,9);3-4H,2H2,1H3,(H,7,9);2*1H/t5-,6?;5-;5-,6?;3-;4-;;/m00000../s1. The maximum atomic E-state index is 11.4. The second kappa shape index (κ2) is 37.8. The molecule has 7 atom stereocenters. The molecule has 0 aliphatic heterocycles. The highest BCUT2D eigenvalue weighted by Gasteiger charge is 2.23. The molecule has 326 valence electrons. The first-order chi connectivity index (χ1) is 26.7. The summed E-state index contributed by atoms with van der Waals surface area (Å²) in [7, 11) is 22.1. The van der Waals surface area contributed by atoms with Crippen molar-refractivity contribution in [3.05, 3.63) is 36.7 Å². The van der Waals surface area contributed by atoms with Gasteiger partial charge in [-0.1, -0.05) is 34.6 Å². The van der Waals surface area contributed by atoms with Gasteiger partial charge in [0.1, 0.15) is 43.1 Å². The van der Waals surface area contributed by atoms with E-state index in [0.717, 1.165) is 5.06 Å². The number of carbonyl (C=O) groups excluding carboxylic acids is 6. The molecular formula is C32H54B4Cl2N8O13. The first kappa shape index (κ1) is 63.8. The smallest absolute Gasteiger partial charge is 0.326 e. The molecule has 9 N–H and O–H groups in total. The van der Waals surface area contributed by atoms with Crippen LogP contribution in [0.2, 0.25) is 0 Å². The Kier molecular flexibility index (Phi) is 40.9. The summed E-state index contributed by atoms with van der Waals surface area (Å²) in [5.74, 6) is -3.80. The molecule has 0 aliphatic rings. The Morgan fingerprint density at radius 1 is 0.746 bits per heavy atom. The molecule has 2 aromatic rings. The van der Waals surface area contributed by atoms with Crippen molar-refractivity contribution in [2.75, 3.05) is 14.2 Å². The number of aromatic nitrogens is 2. The van der Waals surface area contributed by atoms with Crippen LogP contribution in [0.15, 0.2) is 33.8 Å². The summed E-state index contributed by atoms with van der Waals surface area (Å²) < 4.78 is 9.78. The van der Waals surface area contributed by atoms with Crippen LogP contribution in [-0.4, -0.2) is 147 Å². The Morgan fingerprint density at radius 2 is 1.17 bits per heavy atom.